The SMILES string of the molecule is C.CCC(O)CC([C@@H](C)[C@H]1CC[C@H]2[C@@H]3CC=C4C[C@](O)(CC)CC[C@@H]4[C@H]3CC[C@]12C)S(=O)(=O)c1ccccc1.CCC1CO1.CC[C@]1(O)CC[C@H]2C(=CC[C@@H]3[C@@H]2CC[C@]2(C)[C@@H]([C@H](C)CS(=O)(=O)c4ccccc4)CC[C@@H]32)C1. The molecule has 1 aliphatic heterocycles. The van der Waals surface area contributed by atoms with Gasteiger partial charge >= 0.3 is 0 Å². The number of hydrogen-bond acceptors (Lipinski definition) is 8. The van der Waals surface area contributed by atoms with E-state index >= 15 is 0 Å². The second-order valence-corrected chi connectivity index (χ2v) is 31.3. The molecule has 8 aliphatic carbocycles. The number of epoxide rings is 1. The fourth-order valence-electron chi connectivity index (χ4n) is 18.8. The third-order valence-corrected chi connectivity index (χ3v) is 27.7. The van der Waals surface area contributed by atoms with Crippen molar-refractivity contribution < 1.29 is 36.9 Å². The van der Waals surface area contributed by atoms with Gasteiger partial charge in [-0.1, -0.05) is 123 Å². The fraction of sp³-hybridized carbons (Fsp3) is 0.761. The molecule has 6 saturated carbocycles. The first-order valence-electron chi connectivity index (χ1n) is 30.8. The second kappa shape index (κ2) is 24.2. The van der Waals surface area contributed by atoms with Gasteiger partial charge in [-0.15, -0.1) is 0 Å². The van der Waals surface area contributed by atoms with Gasteiger partial charge in [0.05, 0.1) is 50.8 Å². The normalized spacial score (nSPS) is 39.4. The molecule has 11 rings (SSSR count). The minimum atomic E-state index is -3.55. The molecule has 7 fully saturated rings. The van der Waals surface area contributed by atoms with Crippen LogP contribution in [0.1, 0.15) is 198 Å². The Balaban J connectivity index is 0.000000185. The Morgan fingerprint density at radius 1 is 0.623 bits per heavy atom. The highest BCUT2D eigenvalue weighted by Crippen LogP contribution is 2.67. The van der Waals surface area contributed by atoms with Crippen molar-refractivity contribution in [2.75, 3.05) is 12.4 Å². The van der Waals surface area contributed by atoms with Crippen LogP contribution in [-0.2, 0) is 24.4 Å². The molecule has 3 N–H and O–H groups in total. The maximum Gasteiger partial charge on any atom is 0.181 e. The minimum absolute atomic E-state index is 0. The van der Waals surface area contributed by atoms with Crippen LogP contribution in [0.3, 0.4) is 0 Å². The van der Waals surface area contributed by atoms with Crippen LogP contribution in [0.15, 0.2) is 93.8 Å². The van der Waals surface area contributed by atoms with Gasteiger partial charge < -0.3 is 20.1 Å². The van der Waals surface area contributed by atoms with Crippen LogP contribution < -0.4 is 0 Å². The fourth-order valence-corrected chi connectivity index (χ4v) is 22.6. The lowest BCUT2D eigenvalue weighted by Gasteiger charge is -2.55. The molecule has 0 amide bonds. The quantitative estimate of drug-likeness (QED) is 0.125. The summed E-state index contributed by atoms with van der Waals surface area (Å²) in [6, 6.07) is 17.9. The first-order chi connectivity index (χ1) is 36.1. The molecule has 2 aromatic carbocycles. The van der Waals surface area contributed by atoms with Gasteiger partial charge in [0, 0.05) is 0 Å². The van der Waals surface area contributed by atoms with Gasteiger partial charge in [0.1, 0.15) is 0 Å². The number of aliphatic hydroxyl groups is 3. The molecule has 10 heteroatoms. The number of sulfone groups is 2. The molecule has 1 heterocycles. The molecular formula is C67H104O8S2. The molecule has 0 aromatic heterocycles. The van der Waals surface area contributed by atoms with E-state index in [4.69, 9.17) is 4.74 Å². The summed E-state index contributed by atoms with van der Waals surface area (Å²) >= 11 is 0. The summed E-state index contributed by atoms with van der Waals surface area (Å²) in [5.41, 5.74) is 2.50. The Morgan fingerprint density at radius 2 is 1.09 bits per heavy atom. The minimum Gasteiger partial charge on any atom is -0.393 e. The van der Waals surface area contributed by atoms with Gasteiger partial charge in [-0.2, -0.15) is 0 Å². The largest absolute Gasteiger partial charge is 0.393 e. The monoisotopic (exact) mass is 1100 g/mol. The smallest absolute Gasteiger partial charge is 0.181 e. The standard InChI is InChI=1S/C33H50O4S.C29H42O3S.C4H8O.CH4/c1-5-24(34)20-31(38(36,37)25-10-8-7-9-11-25)22(3)29-14-15-30-28-13-12-23-21-33(35,6-2)19-17-26(23)27(28)16-18-32(29,30)4;1-4-29(30)17-15-23-21(18-29)10-11-25-24(23)14-16-28(3)26(12-13-27(25)28)20(2)19-33(31,32)22-8-6-5-7-9-22;1-2-4-3-5-4;/h7-12,22,24,26-31,34-35H,5-6,13-21H2,1-4H3;5-10,20,23-27,30H,4,11-19H2,1-3H3;4H,2-3H2,1H3;1H4/t22-,24?,26-,27+,28+,29+,30-,31?,32+,33-;20-,23+,24-,25-,26-,27+,28-,29+;;/m01../s1. The van der Waals surface area contributed by atoms with Crippen LogP contribution >= 0.6 is 0 Å². The Hall–Kier alpha value is -2.34. The first-order valence-corrected chi connectivity index (χ1v) is 34.0. The Labute approximate surface area is 468 Å². The molecular weight excluding hydrogens is 997 g/mol. The van der Waals surface area contributed by atoms with Crippen LogP contribution in [-0.4, -0.2) is 73.2 Å². The summed E-state index contributed by atoms with van der Waals surface area (Å²) in [7, 11) is -6.80. The summed E-state index contributed by atoms with van der Waals surface area (Å²) in [5.74, 6) is 6.85. The highest BCUT2D eigenvalue weighted by atomic mass is 32.2. The zero-order valence-electron chi connectivity index (χ0n) is 48.1. The van der Waals surface area contributed by atoms with E-state index in [0.717, 1.165) is 82.7 Å². The van der Waals surface area contributed by atoms with Crippen molar-refractivity contribution in [3.05, 3.63) is 84.0 Å². The number of allylic oxidation sites excluding steroid dienone is 2. The third-order valence-electron chi connectivity index (χ3n) is 23.4. The average molecular weight is 1100 g/mol. The van der Waals surface area contributed by atoms with Gasteiger partial charge in [-0.3, -0.25) is 0 Å². The van der Waals surface area contributed by atoms with Crippen molar-refractivity contribution in [1.29, 1.82) is 0 Å². The van der Waals surface area contributed by atoms with Crippen LogP contribution in [0, 0.1) is 81.8 Å². The molecule has 432 valence electrons. The molecule has 1 saturated heterocycles. The lowest BCUT2D eigenvalue weighted by Crippen LogP contribution is -2.49. The Morgan fingerprint density at radius 3 is 1.53 bits per heavy atom. The molecule has 0 spiro atoms. The summed E-state index contributed by atoms with van der Waals surface area (Å²) in [5, 5.41) is 32.0. The van der Waals surface area contributed by atoms with Crippen LogP contribution in [0.4, 0.5) is 0 Å². The van der Waals surface area contributed by atoms with E-state index in [9.17, 15) is 32.2 Å². The molecule has 8 nitrogen and oxygen atoms in total. The molecule has 19 atom stereocenters. The number of aliphatic hydroxyl groups excluding tert-OH is 1. The van der Waals surface area contributed by atoms with Crippen molar-refractivity contribution in [1.82, 2.24) is 0 Å². The molecule has 0 bridgehead atoms. The Kier molecular flexibility index (Phi) is 19.1. The highest BCUT2D eigenvalue weighted by Gasteiger charge is 2.60. The van der Waals surface area contributed by atoms with E-state index in [2.05, 4.69) is 60.6 Å². The summed E-state index contributed by atoms with van der Waals surface area (Å²) in [4.78, 5) is 0.854. The van der Waals surface area contributed by atoms with E-state index in [1.807, 2.05) is 31.2 Å². The summed E-state index contributed by atoms with van der Waals surface area (Å²) < 4.78 is 59.0. The number of benzene rings is 2. The molecule has 3 unspecified atom stereocenters. The Bertz CT molecular complexity index is 2560. The average Bonchev–Trinajstić information content (AvgIpc) is 4.29. The van der Waals surface area contributed by atoms with Crippen LogP contribution in [0.5, 0.6) is 0 Å². The predicted molar refractivity (Wildman–Crippen MR) is 314 cm³/mol. The third kappa shape index (κ3) is 12.3. The molecule has 77 heavy (non-hydrogen) atoms. The number of rotatable bonds is 14. The maximum atomic E-state index is 14.0. The zero-order valence-corrected chi connectivity index (χ0v) is 49.7. The van der Waals surface area contributed by atoms with E-state index < -0.39 is 42.2 Å². The van der Waals surface area contributed by atoms with Gasteiger partial charge in [0.25, 0.3) is 0 Å². The lowest BCUT2D eigenvalue weighted by atomic mass is 9.50. The molecule has 0 radical (unpaired) electrons. The molecule has 9 aliphatic rings. The van der Waals surface area contributed by atoms with E-state index in [1.165, 1.54) is 63.4 Å². The van der Waals surface area contributed by atoms with E-state index in [0.29, 0.717) is 76.1 Å². The first kappa shape index (κ1) is 60.7. The second-order valence-electron chi connectivity index (χ2n) is 27.1. The highest BCUT2D eigenvalue weighted by molar-refractivity contribution is 7.92. The van der Waals surface area contributed by atoms with Crippen LogP contribution in [0.2, 0.25) is 0 Å². The van der Waals surface area contributed by atoms with Gasteiger partial charge in [0.15, 0.2) is 19.7 Å². The van der Waals surface area contributed by atoms with Gasteiger partial charge in [-0.05, 0) is 241 Å². The topological polar surface area (TPSA) is 142 Å². The van der Waals surface area contributed by atoms with Crippen molar-refractivity contribution in [3.8, 4) is 0 Å². The number of hydrogen-bond donors (Lipinski definition) is 3. The lowest BCUT2D eigenvalue weighted by molar-refractivity contribution is -0.0462. The number of fused-ring (bicyclic) bond motifs is 10. The molecule has 2 aromatic rings. The zero-order chi connectivity index (χ0) is 54.4. The van der Waals surface area contributed by atoms with Crippen molar-refractivity contribution in [2.24, 2.45) is 81.8 Å². The van der Waals surface area contributed by atoms with Crippen LogP contribution in [0.25, 0.3) is 0 Å². The summed E-state index contributed by atoms with van der Waals surface area (Å²) in [6.45, 7) is 18.6. The van der Waals surface area contributed by atoms with Crippen molar-refractivity contribution in [2.45, 2.75) is 236 Å². The van der Waals surface area contributed by atoms with E-state index in [1.54, 1.807) is 42.0 Å². The predicted octanol–water partition coefficient (Wildman–Crippen LogP) is 14.8. The maximum absolute atomic E-state index is 14.0. The van der Waals surface area contributed by atoms with Crippen molar-refractivity contribution in [3.63, 3.8) is 0 Å². The summed E-state index contributed by atoms with van der Waals surface area (Å²) in [6.07, 6.45) is 26.6. The van der Waals surface area contributed by atoms with Crippen molar-refractivity contribution >= 4 is 19.7 Å². The van der Waals surface area contributed by atoms with Gasteiger partial charge in [-0.25, -0.2) is 16.8 Å². The number of ether oxygens (including phenoxy) is 1. The van der Waals surface area contributed by atoms with E-state index in [-0.39, 0.29) is 35.8 Å². The van der Waals surface area contributed by atoms with Gasteiger partial charge in [0.2, 0.25) is 0 Å².